The van der Waals surface area contributed by atoms with Gasteiger partial charge < -0.3 is 38.6 Å². The van der Waals surface area contributed by atoms with Gasteiger partial charge in [-0.25, -0.2) is 9.59 Å². The molecule has 2 aliphatic rings. The molecule has 1 aliphatic heterocycles. The maximum absolute atomic E-state index is 13.1. The van der Waals surface area contributed by atoms with Crippen LogP contribution in [0.5, 0.6) is 11.5 Å². The van der Waals surface area contributed by atoms with Crippen LogP contribution < -0.4 is 9.47 Å². The Bertz CT molecular complexity index is 1300. The smallest absolute Gasteiger partial charge is 0.340 e. The highest BCUT2D eigenvalue weighted by atomic mass is 16.8. The van der Waals surface area contributed by atoms with Crippen molar-refractivity contribution in [2.45, 2.75) is 69.7 Å². The van der Waals surface area contributed by atoms with Gasteiger partial charge in [-0.05, 0) is 62.9 Å². The minimum atomic E-state index is -1.17. The van der Waals surface area contributed by atoms with E-state index in [9.17, 15) is 19.8 Å². The van der Waals surface area contributed by atoms with Crippen LogP contribution in [0.25, 0.3) is 6.08 Å². The highest BCUT2D eigenvalue weighted by Crippen LogP contribution is 2.36. The van der Waals surface area contributed by atoms with Gasteiger partial charge in [-0.1, -0.05) is 42.8 Å². The highest BCUT2D eigenvalue weighted by Gasteiger charge is 2.45. The van der Waals surface area contributed by atoms with Crippen LogP contribution in [0.1, 0.15) is 65.8 Å². The standard InChI is InChI=1S/C33H40O10/c1-33(2)42-27(15-9-13-23-18-24(39-4)19-28(40-20-38-3)29(23)31(35)36)30(43-33)26(17-16-21-12-8-14-25(21)34)41-32(37)22-10-6-5-7-11-22/h5-7,9-11,13,16-19,21,25-27,30,34H,8,12,14-15,20H2,1-4H3,(H,35,36)/t21-,25-,26?,27+,30-/m1/s1. The van der Waals surface area contributed by atoms with E-state index in [0.717, 1.165) is 19.3 Å². The number of carbonyl (C=O) groups excluding carboxylic acids is 1. The molecule has 2 aromatic rings. The topological polar surface area (TPSA) is 130 Å². The normalized spacial score (nSPS) is 23.9. The van der Waals surface area contributed by atoms with Crippen LogP contribution in [0.3, 0.4) is 0 Å². The number of esters is 1. The van der Waals surface area contributed by atoms with Gasteiger partial charge in [-0.3, -0.25) is 0 Å². The number of hydrogen-bond acceptors (Lipinski definition) is 9. The molecule has 1 aliphatic carbocycles. The van der Waals surface area contributed by atoms with Crippen LogP contribution in [0.15, 0.2) is 60.7 Å². The summed E-state index contributed by atoms with van der Waals surface area (Å²) in [6.45, 7) is 3.44. The minimum absolute atomic E-state index is 0.0383. The number of benzene rings is 2. The van der Waals surface area contributed by atoms with E-state index in [-0.39, 0.29) is 24.0 Å². The number of aliphatic hydroxyl groups is 1. The molecule has 2 aromatic carbocycles. The Hall–Kier alpha value is -3.70. The van der Waals surface area contributed by atoms with Crippen molar-refractivity contribution in [2.24, 2.45) is 5.92 Å². The Morgan fingerprint density at radius 2 is 1.88 bits per heavy atom. The zero-order valence-corrected chi connectivity index (χ0v) is 24.9. The molecule has 0 spiro atoms. The molecule has 0 radical (unpaired) electrons. The number of aromatic carboxylic acids is 1. The summed E-state index contributed by atoms with van der Waals surface area (Å²) in [6, 6.07) is 11.8. The number of hydrogen-bond donors (Lipinski definition) is 2. The zero-order valence-electron chi connectivity index (χ0n) is 24.9. The van der Waals surface area contributed by atoms with Crippen LogP contribution in [-0.2, 0) is 18.9 Å². The van der Waals surface area contributed by atoms with Crippen molar-refractivity contribution in [3.05, 3.63) is 77.4 Å². The first-order valence-corrected chi connectivity index (χ1v) is 14.3. The van der Waals surface area contributed by atoms with Crippen molar-refractivity contribution in [2.75, 3.05) is 21.0 Å². The van der Waals surface area contributed by atoms with Crippen molar-refractivity contribution in [3.8, 4) is 11.5 Å². The first-order chi connectivity index (χ1) is 20.6. The fourth-order valence-electron chi connectivity index (χ4n) is 5.41. The summed E-state index contributed by atoms with van der Waals surface area (Å²) < 4.78 is 34.3. The summed E-state index contributed by atoms with van der Waals surface area (Å²) in [5.41, 5.74) is 0.735. The fraction of sp³-hybridized carbons (Fsp3) is 0.455. The van der Waals surface area contributed by atoms with Crippen molar-refractivity contribution < 1.29 is 48.2 Å². The Morgan fingerprint density at radius 1 is 1.12 bits per heavy atom. The van der Waals surface area contributed by atoms with E-state index >= 15 is 0 Å². The molecule has 0 bridgehead atoms. The predicted molar refractivity (Wildman–Crippen MR) is 158 cm³/mol. The van der Waals surface area contributed by atoms with Crippen LogP contribution in [-0.4, -0.2) is 73.4 Å². The van der Waals surface area contributed by atoms with E-state index in [1.807, 2.05) is 12.1 Å². The number of carboxylic acids is 1. The van der Waals surface area contributed by atoms with E-state index in [1.165, 1.54) is 20.3 Å². The van der Waals surface area contributed by atoms with Gasteiger partial charge in [0, 0.05) is 19.1 Å². The van der Waals surface area contributed by atoms with Gasteiger partial charge in [-0.15, -0.1) is 0 Å². The van der Waals surface area contributed by atoms with E-state index < -0.39 is 42.1 Å². The lowest BCUT2D eigenvalue weighted by Gasteiger charge is -2.25. The van der Waals surface area contributed by atoms with Crippen molar-refractivity contribution in [1.29, 1.82) is 0 Å². The third-order valence-corrected chi connectivity index (χ3v) is 7.43. The summed E-state index contributed by atoms with van der Waals surface area (Å²) in [7, 11) is 2.92. The maximum atomic E-state index is 13.1. The molecule has 1 unspecified atom stereocenters. The number of methoxy groups -OCH3 is 2. The summed E-state index contributed by atoms with van der Waals surface area (Å²) in [5.74, 6) is -2.15. The van der Waals surface area contributed by atoms with Gasteiger partial charge in [0.05, 0.1) is 24.9 Å². The minimum Gasteiger partial charge on any atom is -0.497 e. The predicted octanol–water partition coefficient (Wildman–Crippen LogP) is 5.24. The maximum Gasteiger partial charge on any atom is 0.340 e. The average Bonchev–Trinajstić information content (AvgIpc) is 3.54. The number of carbonyl (C=O) groups is 2. The van der Waals surface area contributed by atoms with E-state index in [1.54, 1.807) is 62.4 Å². The van der Waals surface area contributed by atoms with Gasteiger partial charge in [0.2, 0.25) is 0 Å². The number of carboxylic acid groups (broad SMARTS) is 1. The fourth-order valence-corrected chi connectivity index (χ4v) is 5.41. The Kier molecular flexibility index (Phi) is 11.0. The molecule has 1 heterocycles. The summed E-state index contributed by atoms with van der Waals surface area (Å²) in [4.78, 5) is 25.3. The quantitative estimate of drug-likeness (QED) is 0.180. The van der Waals surface area contributed by atoms with Crippen LogP contribution in [0.4, 0.5) is 0 Å². The number of ether oxygens (including phenoxy) is 6. The molecule has 1 saturated heterocycles. The van der Waals surface area contributed by atoms with Crippen LogP contribution in [0, 0.1) is 5.92 Å². The third-order valence-electron chi connectivity index (χ3n) is 7.43. The van der Waals surface area contributed by atoms with E-state index in [0.29, 0.717) is 23.3 Å². The first kappa shape index (κ1) is 32.2. The molecule has 4 rings (SSSR count). The van der Waals surface area contributed by atoms with Gasteiger partial charge in [0.25, 0.3) is 0 Å². The lowest BCUT2D eigenvalue weighted by Crippen LogP contribution is -2.37. The Morgan fingerprint density at radius 3 is 2.53 bits per heavy atom. The molecule has 10 nitrogen and oxygen atoms in total. The third kappa shape index (κ3) is 8.45. The van der Waals surface area contributed by atoms with Gasteiger partial charge in [-0.2, -0.15) is 0 Å². The molecule has 5 atom stereocenters. The molecular formula is C33H40O10. The molecule has 2 fully saturated rings. The SMILES string of the molecule is COCOc1cc(OC)cc(C=CC[C@@H]2OC(C)(C)O[C@@H]2C(C=C[C@H]2CCC[C@H]2O)OC(=O)c2ccccc2)c1C(=O)O. The molecule has 0 amide bonds. The van der Waals surface area contributed by atoms with Crippen LogP contribution >= 0.6 is 0 Å². The van der Waals surface area contributed by atoms with Crippen molar-refractivity contribution in [3.63, 3.8) is 0 Å². The first-order valence-electron chi connectivity index (χ1n) is 14.3. The van der Waals surface area contributed by atoms with Crippen molar-refractivity contribution in [1.82, 2.24) is 0 Å². The lowest BCUT2D eigenvalue weighted by molar-refractivity contribution is -0.152. The number of aliphatic hydroxyl groups excluding tert-OH is 1. The van der Waals surface area contributed by atoms with E-state index in [4.69, 9.17) is 28.4 Å². The molecule has 10 heteroatoms. The van der Waals surface area contributed by atoms with Crippen LogP contribution in [0.2, 0.25) is 0 Å². The largest absolute Gasteiger partial charge is 0.497 e. The monoisotopic (exact) mass is 596 g/mol. The summed E-state index contributed by atoms with van der Waals surface area (Å²) >= 11 is 0. The Labute approximate surface area is 251 Å². The molecule has 232 valence electrons. The van der Waals surface area contributed by atoms with E-state index in [2.05, 4.69) is 0 Å². The molecule has 1 saturated carbocycles. The summed E-state index contributed by atoms with van der Waals surface area (Å²) in [5, 5.41) is 20.3. The molecule has 0 aromatic heterocycles. The second kappa shape index (κ2) is 14.7. The molecular weight excluding hydrogens is 556 g/mol. The lowest BCUT2D eigenvalue weighted by atomic mass is 9.99. The van der Waals surface area contributed by atoms with Gasteiger partial charge in [0.15, 0.2) is 12.6 Å². The molecule has 2 N–H and O–H groups in total. The highest BCUT2D eigenvalue weighted by molar-refractivity contribution is 5.95. The summed E-state index contributed by atoms with van der Waals surface area (Å²) in [6.07, 6.45) is 7.49. The second-order valence-corrected chi connectivity index (χ2v) is 11.0. The molecule has 43 heavy (non-hydrogen) atoms. The van der Waals surface area contributed by atoms with Gasteiger partial charge >= 0.3 is 11.9 Å². The zero-order chi connectivity index (χ0) is 31.0. The average molecular weight is 597 g/mol. The Balaban J connectivity index is 1.60. The van der Waals surface area contributed by atoms with Gasteiger partial charge in [0.1, 0.15) is 29.3 Å². The number of rotatable bonds is 13. The second-order valence-electron chi connectivity index (χ2n) is 11.0. The van der Waals surface area contributed by atoms with Crippen molar-refractivity contribution >= 4 is 18.0 Å².